The molecule has 0 unspecified atom stereocenters. The third-order valence-electron chi connectivity index (χ3n) is 8.80. The number of anilines is 2. The van der Waals surface area contributed by atoms with E-state index in [-0.39, 0.29) is 0 Å². The van der Waals surface area contributed by atoms with Crippen molar-refractivity contribution in [1.82, 2.24) is 0 Å². The average Bonchev–Trinajstić information content (AvgIpc) is 3.09. The molecule has 8 rings (SSSR count). The maximum Gasteiger partial charge on any atom is 0.0464 e. The molecule has 8 aromatic carbocycles. The zero-order chi connectivity index (χ0) is 29.5. The van der Waals surface area contributed by atoms with Crippen LogP contribution in [0.1, 0.15) is 5.56 Å². The lowest BCUT2D eigenvalue weighted by molar-refractivity contribution is 1.44. The number of aryl methyl sites for hydroxylation is 1. The van der Waals surface area contributed by atoms with Crippen LogP contribution in [0.5, 0.6) is 0 Å². The molecule has 0 radical (unpaired) electrons. The standard InChI is InChI=1S/C43H31N/c1-29-19-20-32(27-41(29)40-17-9-10-18-43(40)44-34-11-3-2-4-12-34)30-21-23-31(24-22-30)33-25-26-39-37-15-6-5-13-35(37)36-14-7-8-16-38(36)42(39)28-33/h2-28,44H,1H3. The molecule has 0 atom stereocenters. The third kappa shape index (κ3) is 4.60. The fourth-order valence-corrected chi connectivity index (χ4v) is 6.54. The number of hydrogen-bond donors (Lipinski definition) is 1. The molecule has 0 heterocycles. The normalized spacial score (nSPS) is 11.3. The lowest BCUT2D eigenvalue weighted by Gasteiger charge is -2.16. The summed E-state index contributed by atoms with van der Waals surface area (Å²) in [4.78, 5) is 0. The highest BCUT2D eigenvalue weighted by atomic mass is 14.9. The number of para-hydroxylation sites is 2. The second-order valence-corrected chi connectivity index (χ2v) is 11.5. The molecule has 0 aliphatic carbocycles. The van der Waals surface area contributed by atoms with Gasteiger partial charge in [0, 0.05) is 16.9 Å². The van der Waals surface area contributed by atoms with Gasteiger partial charge in [0.15, 0.2) is 0 Å². The summed E-state index contributed by atoms with van der Waals surface area (Å²) < 4.78 is 0. The molecule has 0 aliphatic rings. The van der Waals surface area contributed by atoms with E-state index >= 15 is 0 Å². The molecular formula is C43H31N. The van der Waals surface area contributed by atoms with Crippen LogP contribution in [0.4, 0.5) is 11.4 Å². The Hall–Kier alpha value is -5.66. The van der Waals surface area contributed by atoms with Gasteiger partial charge in [-0.15, -0.1) is 0 Å². The van der Waals surface area contributed by atoms with E-state index in [2.05, 4.69) is 170 Å². The summed E-state index contributed by atoms with van der Waals surface area (Å²) in [6.45, 7) is 2.19. The Kier molecular flexibility index (Phi) is 6.43. The highest BCUT2D eigenvalue weighted by Crippen LogP contribution is 2.38. The highest BCUT2D eigenvalue weighted by molar-refractivity contribution is 6.25. The maximum absolute atomic E-state index is 3.62. The molecule has 0 saturated carbocycles. The van der Waals surface area contributed by atoms with E-state index in [0.717, 1.165) is 11.4 Å². The molecule has 0 saturated heterocycles. The van der Waals surface area contributed by atoms with E-state index < -0.39 is 0 Å². The summed E-state index contributed by atoms with van der Waals surface area (Å²) in [5.74, 6) is 0. The molecule has 1 heteroatoms. The van der Waals surface area contributed by atoms with Crippen LogP contribution in [0.2, 0.25) is 0 Å². The molecule has 44 heavy (non-hydrogen) atoms. The fourth-order valence-electron chi connectivity index (χ4n) is 6.54. The predicted molar refractivity (Wildman–Crippen MR) is 190 cm³/mol. The number of rotatable bonds is 5. The summed E-state index contributed by atoms with van der Waals surface area (Å²) in [6, 6.07) is 59.1. The van der Waals surface area contributed by atoms with Gasteiger partial charge in [0.05, 0.1) is 0 Å². The van der Waals surface area contributed by atoms with Crippen molar-refractivity contribution in [1.29, 1.82) is 0 Å². The van der Waals surface area contributed by atoms with Crippen molar-refractivity contribution in [3.63, 3.8) is 0 Å². The van der Waals surface area contributed by atoms with Crippen molar-refractivity contribution in [2.75, 3.05) is 5.32 Å². The molecule has 8 aromatic rings. The van der Waals surface area contributed by atoms with Crippen LogP contribution < -0.4 is 5.32 Å². The average molecular weight is 562 g/mol. The van der Waals surface area contributed by atoms with Crippen molar-refractivity contribution in [2.45, 2.75) is 6.92 Å². The summed E-state index contributed by atoms with van der Waals surface area (Å²) in [5.41, 5.74) is 10.7. The van der Waals surface area contributed by atoms with Gasteiger partial charge in [-0.05, 0) is 103 Å². The summed E-state index contributed by atoms with van der Waals surface area (Å²) in [6.07, 6.45) is 0. The van der Waals surface area contributed by atoms with Gasteiger partial charge >= 0.3 is 0 Å². The minimum absolute atomic E-state index is 1.08. The highest BCUT2D eigenvalue weighted by Gasteiger charge is 2.12. The van der Waals surface area contributed by atoms with Crippen LogP contribution in [-0.2, 0) is 0 Å². The Morgan fingerprint density at radius 1 is 0.341 bits per heavy atom. The van der Waals surface area contributed by atoms with Gasteiger partial charge in [-0.2, -0.15) is 0 Å². The molecule has 0 aromatic heterocycles. The van der Waals surface area contributed by atoms with Crippen LogP contribution in [-0.4, -0.2) is 0 Å². The Morgan fingerprint density at radius 2 is 0.818 bits per heavy atom. The first-order valence-corrected chi connectivity index (χ1v) is 15.2. The quantitative estimate of drug-likeness (QED) is 0.206. The van der Waals surface area contributed by atoms with E-state index in [1.165, 1.54) is 71.3 Å². The Morgan fingerprint density at radius 3 is 1.48 bits per heavy atom. The SMILES string of the molecule is Cc1ccc(-c2ccc(-c3ccc4c5ccccc5c5ccccc5c4c3)cc2)cc1-c1ccccc1Nc1ccccc1. The molecule has 0 amide bonds. The van der Waals surface area contributed by atoms with E-state index in [1.807, 2.05) is 6.07 Å². The van der Waals surface area contributed by atoms with E-state index in [9.17, 15) is 0 Å². The minimum Gasteiger partial charge on any atom is -0.355 e. The molecule has 0 fully saturated rings. The Balaban J connectivity index is 1.16. The van der Waals surface area contributed by atoms with Gasteiger partial charge in [0.2, 0.25) is 0 Å². The van der Waals surface area contributed by atoms with E-state index in [0.29, 0.717) is 0 Å². The summed E-state index contributed by atoms with van der Waals surface area (Å²) in [7, 11) is 0. The first-order chi connectivity index (χ1) is 21.7. The minimum atomic E-state index is 1.08. The Bertz CT molecular complexity index is 2260. The third-order valence-corrected chi connectivity index (χ3v) is 8.80. The van der Waals surface area contributed by atoms with Crippen LogP contribution in [0.25, 0.3) is 65.7 Å². The first kappa shape index (κ1) is 26.0. The lowest BCUT2D eigenvalue weighted by atomic mass is 9.91. The van der Waals surface area contributed by atoms with E-state index in [1.54, 1.807) is 0 Å². The van der Waals surface area contributed by atoms with Gasteiger partial charge < -0.3 is 5.32 Å². The van der Waals surface area contributed by atoms with Gasteiger partial charge in [-0.1, -0.05) is 133 Å². The maximum atomic E-state index is 3.62. The topological polar surface area (TPSA) is 12.0 Å². The largest absolute Gasteiger partial charge is 0.355 e. The monoisotopic (exact) mass is 561 g/mol. The van der Waals surface area contributed by atoms with Crippen LogP contribution in [0.3, 0.4) is 0 Å². The van der Waals surface area contributed by atoms with Crippen LogP contribution in [0, 0.1) is 6.92 Å². The molecule has 0 spiro atoms. The zero-order valence-corrected chi connectivity index (χ0v) is 24.6. The fraction of sp³-hybridized carbons (Fsp3) is 0.0233. The van der Waals surface area contributed by atoms with Crippen LogP contribution in [0.15, 0.2) is 164 Å². The number of fused-ring (bicyclic) bond motifs is 6. The lowest BCUT2D eigenvalue weighted by Crippen LogP contribution is -1.94. The summed E-state index contributed by atoms with van der Waals surface area (Å²) in [5, 5.41) is 11.4. The number of benzene rings is 8. The van der Waals surface area contributed by atoms with Crippen molar-refractivity contribution < 1.29 is 0 Å². The summed E-state index contributed by atoms with van der Waals surface area (Å²) >= 11 is 0. The molecular weight excluding hydrogens is 530 g/mol. The number of nitrogens with one attached hydrogen (secondary N) is 1. The van der Waals surface area contributed by atoms with Crippen molar-refractivity contribution in [3.8, 4) is 33.4 Å². The zero-order valence-electron chi connectivity index (χ0n) is 24.6. The van der Waals surface area contributed by atoms with Gasteiger partial charge in [0.1, 0.15) is 0 Å². The smallest absolute Gasteiger partial charge is 0.0464 e. The molecule has 0 aliphatic heterocycles. The molecule has 1 nitrogen and oxygen atoms in total. The van der Waals surface area contributed by atoms with Crippen molar-refractivity contribution in [2.24, 2.45) is 0 Å². The number of hydrogen-bond acceptors (Lipinski definition) is 1. The second-order valence-electron chi connectivity index (χ2n) is 11.5. The molecule has 1 N–H and O–H groups in total. The van der Waals surface area contributed by atoms with E-state index in [4.69, 9.17) is 0 Å². The van der Waals surface area contributed by atoms with Gasteiger partial charge in [0.25, 0.3) is 0 Å². The van der Waals surface area contributed by atoms with Gasteiger partial charge in [-0.25, -0.2) is 0 Å². The van der Waals surface area contributed by atoms with Gasteiger partial charge in [-0.3, -0.25) is 0 Å². The van der Waals surface area contributed by atoms with Crippen molar-refractivity contribution >= 4 is 43.7 Å². The predicted octanol–water partition coefficient (Wildman–Crippen LogP) is 12.2. The molecule has 208 valence electrons. The molecule has 0 bridgehead atoms. The van der Waals surface area contributed by atoms with Crippen LogP contribution >= 0.6 is 0 Å². The second kappa shape index (κ2) is 10.9. The first-order valence-electron chi connectivity index (χ1n) is 15.2. The Labute approximate surface area is 258 Å². The van der Waals surface area contributed by atoms with Crippen molar-refractivity contribution in [3.05, 3.63) is 169 Å².